The second-order valence-electron chi connectivity index (χ2n) is 3.57. The molecule has 0 N–H and O–H groups in total. The van der Waals surface area contributed by atoms with E-state index in [2.05, 4.69) is 10.1 Å². The fourth-order valence-corrected chi connectivity index (χ4v) is 1.67. The highest BCUT2D eigenvalue weighted by atomic mass is 19.3. The second kappa shape index (κ2) is 3.04. The predicted octanol–water partition coefficient (Wildman–Crippen LogP) is 1.70. The molecule has 0 radical (unpaired) electrons. The summed E-state index contributed by atoms with van der Waals surface area (Å²) in [7, 11) is 0. The molecule has 2 rings (SSSR count). The first-order chi connectivity index (χ1) is 6.93. The average molecular weight is 219 g/mol. The molecule has 0 saturated heterocycles. The number of alkyl halides is 3. The molecular formula is C8H8F3N3O. The van der Waals surface area contributed by atoms with Gasteiger partial charge >= 0.3 is 0 Å². The van der Waals surface area contributed by atoms with Crippen molar-refractivity contribution in [2.45, 2.75) is 31.5 Å². The fourth-order valence-electron chi connectivity index (χ4n) is 1.67. The highest BCUT2D eigenvalue weighted by Crippen LogP contribution is 2.43. The lowest BCUT2D eigenvalue weighted by Crippen LogP contribution is -2.26. The topological polar surface area (TPSA) is 47.8 Å². The number of hydrogen-bond donors (Lipinski definition) is 0. The van der Waals surface area contributed by atoms with Crippen molar-refractivity contribution < 1.29 is 18.0 Å². The minimum atomic E-state index is -3.08. The first-order valence-electron chi connectivity index (χ1n) is 4.37. The third-order valence-corrected chi connectivity index (χ3v) is 2.37. The van der Waals surface area contributed by atoms with Crippen molar-refractivity contribution in [3.05, 3.63) is 11.6 Å². The lowest BCUT2D eigenvalue weighted by Gasteiger charge is -2.18. The van der Waals surface area contributed by atoms with Crippen LogP contribution in [0.2, 0.25) is 0 Å². The quantitative estimate of drug-likeness (QED) is 0.711. The van der Waals surface area contributed by atoms with Crippen LogP contribution in [-0.2, 0) is 0 Å². The summed E-state index contributed by atoms with van der Waals surface area (Å²) in [4.78, 5) is 13.9. The summed E-state index contributed by atoms with van der Waals surface area (Å²) in [5.41, 5.74) is 0. The fraction of sp³-hybridized carbons (Fsp3) is 0.625. The van der Waals surface area contributed by atoms with Crippen molar-refractivity contribution in [1.82, 2.24) is 14.8 Å². The lowest BCUT2D eigenvalue weighted by molar-refractivity contribution is -0.0372. The summed E-state index contributed by atoms with van der Waals surface area (Å²) in [5.74, 6) is -3.53. The standard InChI is InChI=1S/C8H8F3N3O/c1-8(10,11)5-2-4(9)7-12-6(3-15)13-14(5)7/h3-5H,2H2,1H3. The van der Waals surface area contributed by atoms with E-state index in [4.69, 9.17) is 0 Å². The molecule has 0 fully saturated rings. The molecule has 1 aliphatic rings. The van der Waals surface area contributed by atoms with Crippen LogP contribution in [0.3, 0.4) is 0 Å². The molecule has 0 aromatic carbocycles. The van der Waals surface area contributed by atoms with Crippen LogP contribution in [0, 0.1) is 0 Å². The lowest BCUT2D eigenvalue weighted by atomic mass is 10.1. The number of fused-ring (bicyclic) bond motifs is 1. The largest absolute Gasteiger partial charge is 0.294 e. The van der Waals surface area contributed by atoms with Gasteiger partial charge in [-0.25, -0.2) is 22.8 Å². The molecular weight excluding hydrogens is 211 g/mol. The van der Waals surface area contributed by atoms with E-state index in [1.807, 2.05) is 0 Å². The van der Waals surface area contributed by atoms with E-state index < -0.39 is 18.1 Å². The van der Waals surface area contributed by atoms with Crippen LogP contribution < -0.4 is 0 Å². The van der Waals surface area contributed by atoms with E-state index in [1.165, 1.54) is 0 Å². The van der Waals surface area contributed by atoms with Gasteiger partial charge in [0.15, 0.2) is 18.3 Å². The Hall–Kier alpha value is -1.40. The van der Waals surface area contributed by atoms with Gasteiger partial charge in [-0.2, -0.15) is 0 Å². The van der Waals surface area contributed by atoms with Crippen molar-refractivity contribution in [2.75, 3.05) is 0 Å². The summed E-state index contributed by atoms with van der Waals surface area (Å²) in [6.07, 6.45) is -1.62. The van der Waals surface area contributed by atoms with Gasteiger partial charge in [-0.05, 0) is 0 Å². The van der Waals surface area contributed by atoms with Crippen molar-refractivity contribution in [2.24, 2.45) is 0 Å². The van der Waals surface area contributed by atoms with Gasteiger partial charge in [-0.3, -0.25) is 4.79 Å². The number of carbonyl (C=O) groups excluding carboxylic acids is 1. The van der Waals surface area contributed by atoms with E-state index in [-0.39, 0.29) is 18.1 Å². The molecule has 82 valence electrons. The second-order valence-corrected chi connectivity index (χ2v) is 3.57. The Morgan fingerprint density at radius 2 is 2.27 bits per heavy atom. The van der Waals surface area contributed by atoms with Crippen LogP contribution in [0.25, 0.3) is 0 Å². The van der Waals surface area contributed by atoms with E-state index in [0.29, 0.717) is 13.2 Å². The van der Waals surface area contributed by atoms with E-state index in [9.17, 15) is 18.0 Å². The zero-order chi connectivity index (χ0) is 11.2. The number of aromatic nitrogens is 3. The molecule has 7 heteroatoms. The normalized spacial score (nSPS) is 25.3. The van der Waals surface area contributed by atoms with Crippen LogP contribution in [-0.4, -0.2) is 27.0 Å². The van der Waals surface area contributed by atoms with Crippen molar-refractivity contribution in [3.8, 4) is 0 Å². The summed E-state index contributed by atoms with van der Waals surface area (Å²) >= 11 is 0. The first kappa shape index (κ1) is 10.1. The molecule has 1 aromatic rings. The van der Waals surface area contributed by atoms with Gasteiger partial charge in [0.1, 0.15) is 6.04 Å². The summed E-state index contributed by atoms with van der Waals surface area (Å²) in [6, 6.07) is -1.36. The number of aldehydes is 1. The minimum absolute atomic E-state index is 0.191. The summed E-state index contributed by atoms with van der Waals surface area (Å²) in [5, 5.41) is 3.53. The molecule has 0 aliphatic carbocycles. The van der Waals surface area contributed by atoms with E-state index in [1.54, 1.807) is 0 Å². The van der Waals surface area contributed by atoms with Gasteiger partial charge in [0.2, 0.25) is 5.82 Å². The van der Waals surface area contributed by atoms with Crippen LogP contribution >= 0.6 is 0 Å². The first-order valence-corrected chi connectivity index (χ1v) is 4.37. The third kappa shape index (κ3) is 1.51. The zero-order valence-corrected chi connectivity index (χ0v) is 7.82. The molecule has 15 heavy (non-hydrogen) atoms. The number of hydrogen-bond acceptors (Lipinski definition) is 3. The van der Waals surface area contributed by atoms with E-state index in [0.717, 1.165) is 4.68 Å². The Morgan fingerprint density at radius 1 is 1.60 bits per heavy atom. The van der Waals surface area contributed by atoms with E-state index >= 15 is 0 Å². The van der Waals surface area contributed by atoms with Crippen molar-refractivity contribution in [1.29, 1.82) is 0 Å². The van der Waals surface area contributed by atoms with Gasteiger partial charge in [-0.15, -0.1) is 5.10 Å². The molecule has 0 amide bonds. The maximum Gasteiger partial charge on any atom is 0.267 e. The van der Waals surface area contributed by atoms with Gasteiger partial charge in [0.25, 0.3) is 5.92 Å². The number of nitrogens with zero attached hydrogens (tertiary/aromatic N) is 3. The Balaban J connectivity index is 2.44. The smallest absolute Gasteiger partial charge is 0.267 e. The Kier molecular flexibility index (Phi) is 2.06. The molecule has 1 aliphatic heterocycles. The number of carbonyl (C=O) groups is 1. The molecule has 0 bridgehead atoms. The molecule has 1 aromatic heterocycles. The molecule has 2 unspecified atom stereocenters. The van der Waals surface area contributed by atoms with Gasteiger partial charge < -0.3 is 0 Å². The number of halogens is 3. The highest BCUT2D eigenvalue weighted by molar-refractivity contribution is 5.68. The molecule has 2 heterocycles. The summed E-state index contributed by atoms with van der Waals surface area (Å²) < 4.78 is 40.2. The summed E-state index contributed by atoms with van der Waals surface area (Å²) in [6.45, 7) is 0.696. The van der Waals surface area contributed by atoms with Gasteiger partial charge in [-0.1, -0.05) is 0 Å². The molecule has 0 spiro atoms. The maximum absolute atomic E-state index is 13.3. The monoisotopic (exact) mass is 219 g/mol. The third-order valence-electron chi connectivity index (χ3n) is 2.37. The molecule has 4 nitrogen and oxygen atoms in total. The molecule has 2 atom stereocenters. The maximum atomic E-state index is 13.3. The minimum Gasteiger partial charge on any atom is -0.294 e. The SMILES string of the molecule is CC(F)(F)C1CC(F)c2nc(C=O)nn21. The Bertz CT molecular complexity index is 398. The molecule has 0 saturated carbocycles. The highest BCUT2D eigenvalue weighted by Gasteiger charge is 2.46. The predicted molar refractivity (Wildman–Crippen MR) is 43.5 cm³/mol. The Morgan fingerprint density at radius 3 is 2.80 bits per heavy atom. The van der Waals surface area contributed by atoms with Crippen LogP contribution in [0.1, 0.15) is 42.0 Å². The van der Waals surface area contributed by atoms with Crippen LogP contribution in [0.4, 0.5) is 13.2 Å². The van der Waals surface area contributed by atoms with Gasteiger partial charge in [0.05, 0.1) is 0 Å². The van der Waals surface area contributed by atoms with Gasteiger partial charge in [0, 0.05) is 13.3 Å². The van der Waals surface area contributed by atoms with Crippen molar-refractivity contribution in [3.63, 3.8) is 0 Å². The Labute approximate surface area is 83.1 Å². The van der Waals surface area contributed by atoms with Crippen LogP contribution in [0.15, 0.2) is 0 Å². The zero-order valence-electron chi connectivity index (χ0n) is 7.82. The van der Waals surface area contributed by atoms with Crippen LogP contribution in [0.5, 0.6) is 0 Å². The number of rotatable bonds is 2. The van der Waals surface area contributed by atoms with Crippen molar-refractivity contribution >= 4 is 6.29 Å². The average Bonchev–Trinajstić information content (AvgIpc) is 2.65.